The van der Waals surface area contributed by atoms with Crippen molar-refractivity contribution < 1.29 is 19.4 Å². The van der Waals surface area contributed by atoms with Crippen LogP contribution in [-0.2, 0) is 27.5 Å². The molecule has 0 aliphatic heterocycles. The van der Waals surface area contributed by atoms with Gasteiger partial charge in [-0.3, -0.25) is 0 Å². The number of carbonyl (C=O) groups is 2. The van der Waals surface area contributed by atoms with E-state index in [2.05, 4.69) is 17.0 Å². The van der Waals surface area contributed by atoms with Crippen LogP contribution >= 0.6 is 11.8 Å². The molecule has 2 rings (SSSR count). The van der Waals surface area contributed by atoms with Crippen molar-refractivity contribution in [3.8, 4) is 0 Å². The molecule has 0 bridgehead atoms. The van der Waals surface area contributed by atoms with Crippen LogP contribution in [0.3, 0.4) is 0 Å². The SMILES string of the molecule is CN(C)Cc1ccccc1Sc1cccc(COC(=O)C(=O)O)c1. The molecule has 2 aromatic carbocycles. The summed E-state index contributed by atoms with van der Waals surface area (Å²) in [5.74, 6) is -2.83. The lowest BCUT2D eigenvalue weighted by Crippen LogP contribution is -2.15. The number of nitrogens with zero attached hydrogens (tertiary/aromatic N) is 1. The Balaban J connectivity index is 2.10. The van der Waals surface area contributed by atoms with Crippen LogP contribution < -0.4 is 0 Å². The molecule has 0 aromatic heterocycles. The molecule has 6 heteroatoms. The first-order valence-corrected chi connectivity index (χ1v) is 8.17. The zero-order chi connectivity index (χ0) is 17.5. The van der Waals surface area contributed by atoms with Gasteiger partial charge in [-0.25, -0.2) is 9.59 Å². The van der Waals surface area contributed by atoms with E-state index in [1.165, 1.54) is 5.56 Å². The highest BCUT2D eigenvalue weighted by Gasteiger charge is 2.13. The van der Waals surface area contributed by atoms with Crippen molar-refractivity contribution >= 4 is 23.7 Å². The lowest BCUT2D eigenvalue weighted by Gasteiger charge is -2.14. The Hall–Kier alpha value is -2.31. The largest absolute Gasteiger partial charge is 0.473 e. The number of carboxylic acids is 1. The number of carboxylic acid groups (broad SMARTS) is 1. The van der Waals surface area contributed by atoms with Crippen LogP contribution in [0.4, 0.5) is 0 Å². The van der Waals surface area contributed by atoms with E-state index in [0.29, 0.717) is 0 Å². The van der Waals surface area contributed by atoms with E-state index in [9.17, 15) is 9.59 Å². The Bertz CT molecular complexity index is 730. The van der Waals surface area contributed by atoms with Crippen LogP contribution in [0.5, 0.6) is 0 Å². The maximum atomic E-state index is 11.0. The fourth-order valence-corrected chi connectivity index (χ4v) is 3.13. The highest BCUT2D eigenvalue weighted by Crippen LogP contribution is 2.31. The van der Waals surface area contributed by atoms with Gasteiger partial charge in [0.05, 0.1) is 0 Å². The second-order valence-electron chi connectivity index (χ2n) is 5.48. The molecule has 0 saturated heterocycles. The van der Waals surface area contributed by atoms with E-state index in [0.717, 1.165) is 21.9 Å². The van der Waals surface area contributed by atoms with Gasteiger partial charge >= 0.3 is 11.9 Å². The number of esters is 1. The zero-order valence-electron chi connectivity index (χ0n) is 13.6. The third-order valence-electron chi connectivity index (χ3n) is 3.13. The normalized spacial score (nSPS) is 10.6. The Morgan fingerprint density at radius 2 is 1.88 bits per heavy atom. The van der Waals surface area contributed by atoms with Crippen molar-refractivity contribution in [2.75, 3.05) is 14.1 Å². The van der Waals surface area contributed by atoms with Crippen LogP contribution in [0.2, 0.25) is 0 Å². The first kappa shape index (κ1) is 18.0. The number of hydrogen-bond donors (Lipinski definition) is 1. The number of benzene rings is 2. The second kappa shape index (κ2) is 8.52. The summed E-state index contributed by atoms with van der Waals surface area (Å²) in [4.78, 5) is 25.8. The first-order valence-electron chi connectivity index (χ1n) is 7.35. The number of rotatable bonds is 6. The molecule has 0 aliphatic carbocycles. The van der Waals surface area contributed by atoms with Crippen molar-refractivity contribution in [1.82, 2.24) is 4.90 Å². The van der Waals surface area contributed by atoms with Crippen LogP contribution in [0.15, 0.2) is 58.3 Å². The number of ether oxygens (including phenoxy) is 1. The van der Waals surface area contributed by atoms with E-state index in [4.69, 9.17) is 9.84 Å². The molecule has 0 atom stereocenters. The molecule has 0 heterocycles. The van der Waals surface area contributed by atoms with E-state index < -0.39 is 11.9 Å². The molecule has 5 nitrogen and oxygen atoms in total. The summed E-state index contributed by atoms with van der Waals surface area (Å²) in [5.41, 5.74) is 1.98. The summed E-state index contributed by atoms with van der Waals surface area (Å²) < 4.78 is 4.72. The molecule has 24 heavy (non-hydrogen) atoms. The van der Waals surface area contributed by atoms with Gasteiger partial charge in [0.1, 0.15) is 6.61 Å². The molecule has 0 amide bonds. The van der Waals surface area contributed by atoms with Crippen LogP contribution in [0.1, 0.15) is 11.1 Å². The van der Waals surface area contributed by atoms with Crippen molar-refractivity contribution in [2.45, 2.75) is 22.9 Å². The number of aliphatic carboxylic acids is 1. The maximum absolute atomic E-state index is 11.0. The lowest BCUT2D eigenvalue weighted by atomic mass is 10.2. The molecule has 0 fully saturated rings. The molecule has 2 aromatic rings. The van der Waals surface area contributed by atoms with E-state index >= 15 is 0 Å². The molecular formula is C18H19NO4S. The van der Waals surface area contributed by atoms with E-state index in [-0.39, 0.29) is 6.61 Å². The fourth-order valence-electron chi connectivity index (χ4n) is 2.11. The van der Waals surface area contributed by atoms with E-state index in [1.54, 1.807) is 17.8 Å². The van der Waals surface area contributed by atoms with Gasteiger partial charge in [0.25, 0.3) is 0 Å². The highest BCUT2D eigenvalue weighted by atomic mass is 32.2. The standard InChI is InChI=1S/C18H19NO4S/c1-19(2)11-14-7-3-4-9-16(14)24-15-8-5-6-13(10-15)12-23-18(22)17(20)21/h3-10H,11-12H2,1-2H3,(H,20,21). The molecule has 0 spiro atoms. The second-order valence-corrected chi connectivity index (χ2v) is 6.59. The summed E-state index contributed by atoms with van der Waals surface area (Å²) in [6, 6.07) is 15.7. The quantitative estimate of drug-likeness (QED) is 0.641. The number of carbonyl (C=O) groups excluding carboxylic acids is 1. The van der Waals surface area contributed by atoms with Crippen LogP contribution in [0, 0.1) is 0 Å². The fraction of sp³-hybridized carbons (Fsp3) is 0.222. The highest BCUT2D eigenvalue weighted by molar-refractivity contribution is 7.99. The van der Waals surface area contributed by atoms with Crippen molar-refractivity contribution in [3.05, 3.63) is 59.7 Å². The molecule has 126 valence electrons. The molecule has 0 saturated carbocycles. The molecular weight excluding hydrogens is 326 g/mol. The van der Waals surface area contributed by atoms with Crippen molar-refractivity contribution in [3.63, 3.8) is 0 Å². The monoisotopic (exact) mass is 345 g/mol. The summed E-state index contributed by atoms with van der Waals surface area (Å²) in [7, 11) is 4.05. The Kier molecular flexibility index (Phi) is 6.40. The van der Waals surface area contributed by atoms with E-state index in [1.807, 2.05) is 44.4 Å². The van der Waals surface area contributed by atoms with Gasteiger partial charge in [-0.05, 0) is 43.4 Å². The topological polar surface area (TPSA) is 66.8 Å². The van der Waals surface area contributed by atoms with Crippen molar-refractivity contribution in [1.29, 1.82) is 0 Å². The lowest BCUT2D eigenvalue weighted by molar-refractivity contribution is -0.164. The van der Waals surface area contributed by atoms with Crippen LogP contribution in [0.25, 0.3) is 0 Å². The van der Waals surface area contributed by atoms with Gasteiger partial charge in [0, 0.05) is 16.3 Å². The summed E-state index contributed by atoms with van der Waals surface area (Å²) in [6.07, 6.45) is 0. The Labute approximate surface area is 145 Å². The maximum Gasteiger partial charge on any atom is 0.417 e. The minimum Gasteiger partial charge on any atom is -0.473 e. The average Bonchev–Trinajstić information content (AvgIpc) is 2.54. The minimum atomic E-state index is -1.59. The van der Waals surface area contributed by atoms with Crippen molar-refractivity contribution in [2.24, 2.45) is 0 Å². The third-order valence-corrected chi connectivity index (χ3v) is 4.24. The average molecular weight is 345 g/mol. The van der Waals surface area contributed by atoms with Gasteiger partial charge in [-0.2, -0.15) is 0 Å². The molecule has 0 unspecified atom stereocenters. The Morgan fingerprint density at radius 1 is 1.12 bits per heavy atom. The third kappa shape index (κ3) is 5.40. The first-order chi connectivity index (χ1) is 11.5. The van der Waals surface area contributed by atoms with Gasteiger partial charge in [-0.1, -0.05) is 42.1 Å². The predicted molar refractivity (Wildman–Crippen MR) is 91.8 cm³/mol. The summed E-state index contributed by atoms with van der Waals surface area (Å²) in [6.45, 7) is 0.790. The van der Waals surface area contributed by atoms with Gasteiger partial charge < -0.3 is 14.7 Å². The molecule has 0 aliphatic rings. The molecule has 0 radical (unpaired) electrons. The predicted octanol–water partition coefficient (Wildman–Crippen LogP) is 3.03. The Morgan fingerprint density at radius 3 is 2.58 bits per heavy atom. The summed E-state index contributed by atoms with van der Waals surface area (Å²) >= 11 is 1.63. The smallest absolute Gasteiger partial charge is 0.417 e. The van der Waals surface area contributed by atoms with Gasteiger partial charge in [0.15, 0.2) is 0 Å². The summed E-state index contributed by atoms with van der Waals surface area (Å²) in [5, 5.41) is 8.53. The van der Waals surface area contributed by atoms with Crippen LogP contribution in [-0.4, -0.2) is 36.0 Å². The number of hydrogen-bond acceptors (Lipinski definition) is 5. The molecule has 1 N–H and O–H groups in total. The minimum absolute atomic E-state index is 0.0567. The van der Waals surface area contributed by atoms with Gasteiger partial charge in [0.2, 0.25) is 0 Å². The zero-order valence-corrected chi connectivity index (χ0v) is 14.4. The van der Waals surface area contributed by atoms with Gasteiger partial charge in [-0.15, -0.1) is 0 Å².